The van der Waals surface area contributed by atoms with Crippen LogP contribution in [0.2, 0.25) is 5.02 Å². The largest absolute Gasteiger partial charge is 0.294 e. The highest BCUT2D eigenvalue weighted by Crippen LogP contribution is 2.25. The summed E-state index contributed by atoms with van der Waals surface area (Å²) < 4.78 is 1.72. The van der Waals surface area contributed by atoms with Crippen molar-refractivity contribution in [1.29, 1.82) is 0 Å². The van der Waals surface area contributed by atoms with E-state index in [0.717, 1.165) is 10.9 Å². The summed E-state index contributed by atoms with van der Waals surface area (Å²) in [7, 11) is 0. The standard InChI is InChI=1S/C10H6ClN3O/c11-7-2-1-3-8-6(7)4-9-10(15)13-12-5-14(8)9/h1-5H,(H,13,15). The summed E-state index contributed by atoms with van der Waals surface area (Å²) in [6.07, 6.45) is 1.56. The van der Waals surface area contributed by atoms with E-state index in [9.17, 15) is 4.79 Å². The van der Waals surface area contributed by atoms with Gasteiger partial charge in [0, 0.05) is 10.4 Å². The Morgan fingerprint density at radius 3 is 3.07 bits per heavy atom. The molecule has 3 rings (SSSR count). The molecule has 74 valence electrons. The molecule has 0 unspecified atom stereocenters. The van der Waals surface area contributed by atoms with Crippen LogP contribution in [0.5, 0.6) is 0 Å². The van der Waals surface area contributed by atoms with Crippen LogP contribution in [0.25, 0.3) is 16.4 Å². The molecule has 3 aromatic rings. The van der Waals surface area contributed by atoms with Crippen LogP contribution < -0.4 is 5.56 Å². The molecular weight excluding hydrogens is 214 g/mol. The minimum Gasteiger partial charge on any atom is -0.294 e. The first-order valence-corrected chi connectivity index (χ1v) is 4.78. The molecule has 0 fully saturated rings. The normalized spacial score (nSPS) is 11.3. The first-order valence-electron chi connectivity index (χ1n) is 4.40. The second-order valence-corrected chi connectivity index (χ2v) is 3.66. The van der Waals surface area contributed by atoms with Gasteiger partial charge in [0.25, 0.3) is 5.56 Å². The van der Waals surface area contributed by atoms with Gasteiger partial charge in [0.2, 0.25) is 0 Å². The third-order valence-corrected chi connectivity index (χ3v) is 2.73. The zero-order valence-corrected chi connectivity index (χ0v) is 8.32. The summed E-state index contributed by atoms with van der Waals surface area (Å²) in [5.41, 5.74) is 1.22. The Balaban J connectivity index is 2.69. The zero-order valence-electron chi connectivity index (χ0n) is 7.57. The van der Waals surface area contributed by atoms with Crippen molar-refractivity contribution >= 4 is 28.0 Å². The molecule has 1 aromatic carbocycles. The number of aromatic amines is 1. The number of nitrogens with zero attached hydrogens (tertiary/aromatic N) is 2. The first kappa shape index (κ1) is 8.49. The predicted octanol–water partition coefficient (Wildman–Crippen LogP) is 1.83. The summed E-state index contributed by atoms with van der Waals surface area (Å²) in [5.74, 6) is 0. The molecule has 4 nitrogen and oxygen atoms in total. The third-order valence-electron chi connectivity index (χ3n) is 2.40. The monoisotopic (exact) mass is 219 g/mol. The van der Waals surface area contributed by atoms with E-state index in [1.165, 1.54) is 0 Å². The summed E-state index contributed by atoms with van der Waals surface area (Å²) in [5, 5.41) is 7.63. The number of H-pyrrole nitrogens is 1. The number of fused-ring (bicyclic) bond motifs is 3. The fraction of sp³-hybridized carbons (Fsp3) is 0. The van der Waals surface area contributed by atoms with Gasteiger partial charge in [-0.1, -0.05) is 17.7 Å². The van der Waals surface area contributed by atoms with E-state index in [0.29, 0.717) is 10.5 Å². The fourth-order valence-electron chi connectivity index (χ4n) is 1.72. The van der Waals surface area contributed by atoms with Gasteiger partial charge in [0.15, 0.2) is 0 Å². The number of aromatic nitrogens is 3. The maximum Gasteiger partial charge on any atom is 0.288 e. The van der Waals surface area contributed by atoms with Crippen molar-refractivity contribution in [3.8, 4) is 0 Å². The van der Waals surface area contributed by atoms with Crippen LogP contribution >= 0.6 is 11.6 Å². The van der Waals surface area contributed by atoms with Crippen LogP contribution in [0.3, 0.4) is 0 Å². The molecule has 0 aliphatic heterocycles. The highest BCUT2D eigenvalue weighted by molar-refractivity contribution is 6.35. The Hall–Kier alpha value is -1.81. The van der Waals surface area contributed by atoms with Crippen molar-refractivity contribution in [2.45, 2.75) is 0 Å². The van der Waals surface area contributed by atoms with Crippen molar-refractivity contribution in [2.75, 3.05) is 0 Å². The van der Waals surface area contributed by atoms with E-state index >= 15 is 0 Å². The molecule has 0 amide bonds. The molecule has 0 spiro atoms. The maximum atomic E-state index is 11.5. The first-order chi connectivity index (χ1) is 7.27. The topological polar surface area (TPSA) is 50.2 Å². The molecule has 0 saturated heterocycles. The van der Waals surface area contributed by atoms with Crippen LogP contribution in [0.4, 0.5) is 0 Å². The van der Waals surface area contributed by atoms with E-state index in [4.69, 9.17) is 11.6 Å². The SMILES string of the molecule is O=c1[nH]ncn2c1cc1c(Cl)cccc12. The lowest BCUT2D eigenvalue weighted by Crippen LogP contribution is -2.09. The number of rotatable bonds is 0. The minimum absolute atomic E-state index is 0.218. The Labute approximate surface area is 89.1 Å². The highest BCUT2D eigenvalue weighted by Gasteiger charge is 2.07. The molecule has 0 saturated carbocycles. The van der Waals surface area contributed by atoms with E-state index in [2.05, 4.69) is 10.2 Å². The van der Waals surface area contributed by atoms with Gasteiger partial charge in [-0.2, -0.15) is 5.10 Å². The van der Waals surface area contributed by atoms with Gasteiger partial charge < -0.3 is 0 Å². The molecule has 5 heteroatoms. The van der Waals surface area contributed by atoms with Crippen molar-refractivity contribution in [3.05, 3.63) is 46.0 Å². The lowest BCUT2D eigenvalue weighted by molar-refractivity contribution is 0.931. The second-order valence-electron chi connectivity index (χ2n) is 3.26. The average molecular weight is 220 g/mol. The Bertz CT molecular complexity index is 713. The number of hydrogen-bond donors (Lipinski definition) is 1. The molecule has 0 bridgehead atoms. The van der Waals surface area contributed by atoms with Gasteiger partial charge in [-0.15, -0.1) is 0 Å². The molecule has 0 aliphatic rings. The lowest BCUT2D eigenvalue weighted by Gasteiger charge is -1.94. The second kappa shape index (κ2) is 2.84. The molecule has 2 heterocycles. The van der Waals surface area contributed by atoms with Gasteiger partial charge in [0.05, 0.1) is 5.52 Å². The average Bonchev–Trinajstić information content (AvgIpc) is 2.60. The van der Waals surface area contributed by atoms with Gasteiger partial charge in [-0.3, -0.25) is 9.20 Å². The Morgan fingerprint density at radius 2 is 2.20 bits per heavy atom. The predicted molar refractivity (Wildman–Crippen MR) is 58.3 cm³/mol. The number of hydrogen-bond acceptors (Lipinski definition) is 2. The van der Waals surface area contributed by atoms with Crippen LogP contribution in [0, 0.1) is 0 Å². The van der Waals surface area contributed by atoms with E-state index in [-0.39, 0.29) is 5.56 Å². The quantitative estimate of drug-likeness (QED) is 0.627. The van der Waals surface area contributed by atoms with Crippen molar-refractivity contribution in [1.82, 2.24) is 14.6 Å². The molecular formula is C10H6ClN3O. The van der Waals surface area contributed by atoms with Crippen LogP contribution in [0.15, 0.2) is 35.4 Å². The minimum atomic E-state index is -0.218. The van der Waals surface area contributed by atoms with Crippen molar-refractivity contribution in [3.63, 3.8) is 0 Å². The smallest absolute Gasteiger partial charge is 0.288 e. The zero-order chi connectivity index (χ0) is 10.4. The number of nitrogens with one attached hydrogen (secondary N) is 1. The molecule has 0 radical (unpaired) electrons. The molecule has 15 heavy (non-hydrogen) atoms. The van der Waals surface area contributed by atoms with Crippen LogP contribution in [0.1, 0.15) is 0 Å². The highest BCUT2D eigenvalue weighted by atomic mass is 35.5. The van der Waals surface area contributed by atoms with Gasteiger partial charge >= 0.3 is 0 Å². The molecule has 0 aliphatic carbocycles. The Kier molecular flexibility index (Phi) is 1.61. The summed E-state index contributed by atoms with van der Waals surface area (Å²) in [6, 6.07) is 7.30. The third kappa shape index (κ3) is 1.08. The van der Waals surface area contributed by atoms with E-state index in [1.54, 1.807) is 22.9 Å². The van der Waals surface area contributed by atoms with Gasteiger partial charge in [-0.05, 0) is 18.2 Å². The Morgan fingerprint density at radius 1 is 1.33 bits per heavy atom. The van der Waals surface area contributed by atoms with Crippen molar-refractivity contribution < 1.29 is 0 Å². The fourth-order valence-corrected chi connectivity index (χ4v) is 1.94. The maximum absolute atomic E-state index is 11.5. The van der Waals surface area contributed by atoms with Crippen molar-refractivity contribution in [2.24, 2.45) is 0 Å². The number of halogens is 1. The molecule has 1 N–H and O–H groups in total. The summed E-state index contributed by atoms with van der Waals surface area (Å²) in [6.45, 7) is 0. The van der Waals surface area contributed by atoms with Crippen LogP contribution in [-0.2, 0) is 0 Å². The molecule has 0 atom stereocenters. The summed E-state index contributed by atoms with van der Waals surface area (Å²) >= 11 is 6.03. The number of benzene rings is 1. The van der Waals surface area contributed by atoms with Crippen LogP contribution in [-0.4, -0.2) is 14.6 Å². The summed E-state index contributed by atoms with van der Waals surface area (Å²) in [4.78, 5) is 11.5. The van der Waals surface area contributed by atoms with Gasteiger partial charge in [-0.25, -0.2) is 5.10 Å². The van der Waals surface area contributed by atoms with E-state index in [1.807, 2.05) is 12.1 Å². The van der Waals surface area contributed by atoms with Gasteiger partial charge in [0.1, 0.15) is 11.8 Å². The molecule has 2 aromatic heterocycles. The van der Waals surface area contributed by atoms with E-state index < -0.39 is 0 Å². The lowest BCUT2D eigenvalue weighted by atomic mass is 10.2.